The molecule has 2 aromatic heterocycles. The van der Waals surface area contributed by atoms with E-state index in [-0.39, 0.29) is 29.1 Å². The number of likely N-dealkylation sites (tertiary alicyclic amines) is 1. The molecule has 2 aromatic rings. The zero-order valence-electron chi connectivity index (χ0n) is 14.8. The zero-order valence-corrected chi connectivity index (χ0v) is 15.6. The SMILES string of the molecule is CC(=O)N1CCCC(CNC(=O)c2nc3sc4c(c3c(=O)[nH]2)CCC4)C1. The molecule has 4 rings (SSSR count). The van der Waals surface area contributed by atoms with E-state index in [1.165, 1.54) is 16.2 Å². The highest BCUT2D eigenvalue weighted by Gasteiger charge is 2.24. The third-order valence-corrected chi connectivity index (χ3v) is 6.49. The van der Waals surface area contributed by atoms with Gasteiger partial charge in [-0.05, 0) is 43.6 Å². The van der Waals surface area contributed by atoms with Crippen LogP contribution in [0.3, 0.4) is 0 Å². The molecule has 1 unspecified atom stereocenters. The number of fused-ring (bicyclic) bond motifs is 3. The number of piperidine rings is 1. The number of aromatic amines is 1. The van der Waals surface area contributed by atoms with Crippen LogP contribution in [-0.4, -0.2) is 46.3 Å². The standard InChI is InChI=1S/C18H22N4O3S/c1-10(23)22-7-3-4-11(9-22)8-19-17(25)15-20-16(24)14-12-5-2-6-13(12)26-18(14)21-15/h11H,2-9H2,1H3,(H,19,25)(H,20,21,24). The predicted molar refractivity (Wildman–Crippen MR) is 99.6 cm³/mol. The lowest BCUT2D eigenvalue weighted by Crippen LogP contribution is -2.43. The Bertz CT molecular complexity index is 932. The van der Waals surface area contributed by atoms with Crippen molar-refractivity contribution in [2.45, 2.75) is 39.0 Å². The molecule has 8 heteroatoms. The molecular weight excluding hydrogens is 352 g/mol. The number of aryl methyl sites for hydroxylation is 2. The monoisotopic (exact) mass is 374 g/mol. The fraction of sp³-hybridized carbons (Fsp3) is 0.556. The average Bonchev–Trinajstić information content (AvgIpc) is 3.20. The lowest BCUT2D eigenvalue weighted by Gasteiger charge is -2.32. The molecule has 1 fully saturated rings. The summed E-state index contributed by atoms with van der Waals surface area (Å²) in [7, 11) is 0. The molecule has 0 radical (unpaired) electrons. The Balaban J connectivity index is 1.47. The van der Waals surface area contributed by atoms with Crippen LogP contribution in [-0.2, 0) is 17.6 Å². The summed E-state index contributed by atoms with van der Waals surface area (Å²) in [5.74, 6) is 0.0139. The molecule has 26 heavy (non-hydrogen) atoms. The molecule has 0 bridgehead atoms. The second kappa shape index (κ2) is 6.83. The Hall–Kier alpha value is -2.22. The van der Waals surface area contributed by atoms with Crippen molar-refractivity contribution in [2.24, 2.45) is 5.92 Å². The van der Waals surface area contributed by atoms with Gasteiger partial charge in [0.1, 0.15) is 4.83 Å². The van der Waals surface area contributed by atoms with Crippen molar-refractivity contribution < 1.29 is 9.59 Å². The van der Waals surface area contributed by atoms with Crippen LogP contribution in [0.1, 0.15) is 47.2 Å². The molecule has 138 valence electrons. The van der Waals surface area contributed by atoms with Crippen LogP contribution in [0, 0.1) is 5.92 Å². The molecule has 1 atom stereocenters. The number of aromatic nitrogens is 2. The summed E-state index contributed by atoms with van der Waals surface area (Å²) in [5.41, 5.74) is 0.886. The highest BCUT2D eigenvalue weighted by atomic mass is 32.1. The number of hydrogen-bond donors (Lipinski definition) is 2. The molecule has 1 aliphatic carbocycles. The number of thiophene rings is 1. The Morgan fingerprint density at radius 1 is 1.35 bits per heavy atom. The van der Waals surface area contributed by atoms with Crippen molar-refractivity contribution in [3.05, 3.63) is 26.6 Å². The van der Waals surface area contributed by atoms with E-state index in [9.17, 15) is 14.4 Å². The van der Waals surface area contributed by atoms with Crippen molar-refractivity contribution in [1.29, 1.82) is 0 Å². The van der Waals surface area contributed by atoms with Crippen molar-refractivity contribution in [3.63, 3.8) is 0 Å². The number of carbonyl (C=O) groups excluding carboxylic acids is 2. The molecule has 0 spiro atoms. The number of H-pyrrole nitrogens is 1. The van der Waals surface area contributed by atoms with Gasteiger partial charge in [-0.25, -0.2) is 4.98 Å². The third-order valence-electron chi connectivity index (χ3n) is 5.31. The van der Waals surface area contributed by atoms with Crippen LogP contribution in [0.5, 0.6) is 0 Å². The van der Waals surface area contributed by atoms with Gasteiger partial charge in [0.05, 0.1) is 5.39 Å². The van der Waals surface area contributed by atoms with Gasteiger partial charge in [0.25, 0.3) is 11.5 Å². The molecule has 2 aliphatic rings. The first kappa shape index (κ1) is 17.2. The summed E-state index contributed by atoms with van der Waals surface area (Å²) in [6.45, 7) is 3.50. The highest BCUT2D eigenvalue weighted by molar-refractivity contribution is 7.18. The summed E-state index contributed by atoms with van der Waals surface area (Å²) in [6.07, 6.45) is 4.91. The Morgan fingerprint density at radius 3 is 3.00 bits per heavy atom. The number of carbonyl (C=O) groups is 2. The number of nitrogens with zero attached hydrogens (tertiary/aromatic N) is 2. The molecule has 3 heterocycles. The minimum absolute atomic E-state index is 0.0710. The van der Waals surface area contributed by atoms with Crippen LogP contribution in [0.2, 0.25) is 0 Å². The van der Waals surface area contributed by atoms with Crippen molar-refractivity contribution in [2.75, 3.05) is 19.6 Å². The van der Waals surface area contributed by atoms with Crippen molar-refractivity contribution >= 4 is 33.4 Å². The van der Waals surface area contributed by atoms with Gasteiger partial charge >= 0.3 is 0 Å². The zero-order chi connectivity index (χ0) is 18.3. The number of hydrogen-bond acceptors (Lipinski definition) is 5. The first-order valence-corrected chi connectivity index (χ1v) is 9.93. The molecule has 1 aliphatic heterocycles. The number of rotatable bonds is 3. The Kier molecular flexibility index (Phi) is 4.52. The van der Waals surface area contributed by atoms with E-state index in [1.807, 2.05) is 4.90 Å². The van der Waals surface area contributed by atoms with Gasteiger partial charge in [-0.2, -0.15) is 0 Å². The van der Waals surface area contributed by atoms with Gasteiger partial charge in [-0.3, -0.25) is 14.4 Å². The van der Waals surface area contributed by atoms with E-state index in [1.54, 1.807) is 6.92 Å². The van der Waals surface area contributed by atoms with Gasteiger partial charge in [-0.15, -0.1) is 11.3 Å². The van der Waals surface area contributed by atoms with Gasteiger partial charge < -0.3 is 15.2 Å². The normalized spacial score (nSPS) is 19.6. The van der Waals surface area contributed by atoms with Gasteiger partial charge in [-0.1, -0.05) is 0 Å². The van der Waals surface area contributed by atoms with E-state index in [0.717, 1.165) is 44.2 Å². The highest BCUT2D eigenvalue weighted by Crippen LogP contribution is 2.34. The van der Waals surface area contributed by atoms with E-state index in [0.29, 0.717) is 23.3 Å². The van der Waals surface area contributed by atoms with E-state index < -0.39 is 0 Å². The van der Waals surface area contributed by atoms with Crippen LogP contribution < -0.4 is 10.9 Å². The minimum atomic E-state index is -0.363. The molecule has 0 saturated carbocycles. The second-order valence-corrected chi connectivity index (χ2v) is 8.22. The van der Waals surface area contributed by atoms with Gasteiger partial charge in [0, 0.05) is 31.4 Å². The lowest BCUT2D eigenvalue weighted by molar-refractivity contribution is -0.130. The first-order valence-electron chi connectivity index (χ1n) is 9.11. The quantitative estimate of drug-likeness (QED) is 0.850. The summed E-state index contributed by atoms with van der Waals surface area (Å²) >= 11 is 1.53. The smallest absolute Gasteiger partial charge is 0.287 e. The molecule has 1 saturated heterocycles. The number of amides is 2. The van der Waals surface area contributed by atoms with E-state index >= 15 is 0 Å². The summed E-state index contributed by atoms with van der Waals surface area (Å²) in [4.78, 5) is 47.1. The maximum absolute atomic E-state index is 12.5. The fourth-order valence-electron chi connectivity index (χ4n) is 3.95. The van der Waals surface area contributed by atoms with Crippen LogP contribution in [0.25, 0.3) is 10.2 Å². The summed E-state index contributed by atoms with van der Waals surface area (Å²) in [5, 5.41) is 3.52. The third kappa shape index (κ3) is 3.13. The van der Waals surface area contributed by atoms with Crippen molar-refractivity contribution in [3.8, 4) is 0 Å². The largest absolute Gasteiger partial charge is 0.349 e. The van der Waals surface area contributed by atoms with Gasteiger partial charge in [0.2, 0.25) is 11.7 Å². The van der Waals surface area contributed by atoms with Crippen molar-refractivity contribution in [1.82, 2.24) is 20.2 Å². The lowest BCUT2D eigenvalue weighted by atomic mass is 9.98. The Labute approximate surface area is 154 Å². The van der Waals surface area contributed by atoms with Crippen LogP contribution in [0.15, 0.2) is 4.79 Å². The summed E-state index contributed by atoms with van der Waals surface area (Å²) < 4.78 is 0. The maximum Gasteiger partial charge on any atom is 0.287 e. The van der Waals surface area contributed by atoms with E-state index in [2.05, 4.69) is 15.3 Å². The minimum Gasteiger partial charge on any atom is -0.349 e. The molecular formula is C18H22N4O3S. The number of nitrogens with one attached hydrogen (secondary N) is 2. The predicted octanol–water partition coefficient (Wildman–Crippen LogP) is 1.46. The average molecular weight is 374 g/mol. The first-order chi connectivity index (χ1) is 12.5. The van der Waals surface area contributed by atoms with Crippen LogP contribution in [0.4, 0.5) is 0 Å². The Morgan fingerprint density at radius 2 is 2.19 bits per heavy atom. The fourth-order valence-corrected chi connectivity index (χ4v) is 5.21. The molecule has 7 nitrogen and oxygen atoms in total. The maximum atomic E-state index is 12.5. The molecule has 2 amide bonds. The van der Waals surface area contributed by atoms with E-state index in [4.69, 9.17) is 0 Å². The van der Waals surface area contributed by atoms with Crippen LogP contribution >= 0.6 is 11.3 Å². The van der Waals surface area contributed by atoms with Gasteiger partial charge in [0.15, 0.2) is 0 Å². The second-order valence-electron chi connectivity index (χ2n) is 7.14. The molecule has 2 N–H and O–H groups in total. The topological polar surface area (TPSA) is 95.2 Å². The molecule has 0 aromatic carbocycles. The summed E-state index contributed by atoms with van der Waals surface area (Å²) in [6, 6.07) is 0.